The van der Waals surface area contributed by atoms with E-state index >= 15 is 0 Å². The highest BCUT2D eigenvalue weighted by Gasteiger charge is 2.33. The van der Waals surface area contributed by atoms with Gasteiger partial charge in [0.25, 0.3) is 0 Å². The predicted molar refractivity (Wildman–Crippen MR) is 87.7 cm³/mol. The van der Waals surface area contributed by atoms with Crippen molar-refractivity contribution in [3.63, 3.8) is 0 Å². The third kappa shape index (κ3) is 3.42. The van der Waals surface area contributed by atoms with Crippen LogP contribution in [0, 0.1) is 0 Å². The van der Waals surface area contributed by atoms with E-state index < -0.39 is 0 Å². The third-order valence-electron chi connectivity index (χ3n) is 4.10. The Kier molecular flexibility index (Phi) is 5.66. The Balaban J connectivity index is 0.00000161. The van der Waals surface area contributed by atoms with E-state index in [1.165, 1.54) is 11.1 Å². The van der Waals surface area contributed by atoms with E-state index in [0.717, 1.165) is 24.0 Å². The Morgan fingerprint density at radius 1 is 1.48 bits per heavy atom. The molecule has 2 atom stereocenters. The highest BCUT2D eigenvalue weighted by atomic mass is 79.9. The predicted octanol–water partition coefficient (Wildman–Crippen LogP) is 2.13. The van der Waals surface area contributed by atoms with E-state index in [1.807, 2.05) is 17.9 Å². The van der Waals surface area contributed by atoms with Crippen molar-refractivity contribution in [1.82, 2.24) is 10.2 Å². The lowest BCUT2D eigenvalue weighted by Crippen LogP contribution is -2.57. The number of carbonyl (C=O) groups excluding carboxylic acids is 1. The maximum Gasteiger partial charge on any atom is 0.242 e. The molecule has 0 unspecified atom stereocenters. The van der Waals surface area contributed by atoms with Gasteiger partial charge >= 0.3 is 0 Å². The third-order valence-corrected chi connectivity index (χ3v) is 4.85. The van der Waals surface area contributed by atoms with Crippen LogP contribution >= 0.6 is 28.3 Å². The van der Waals surface area contributed by atoms with E-state index in [2.05, 4.69) is 33.4 Å². The first-order valence-electron chi connectivity index (χ1n) is 7.07. The van der Waals surface area contributed by atoms with Crippen LogP contribution < -0.4 is 5.32 Å². The van der Waals surface area contributed by atoms with Crippen molar-refractivity contribution in [1.29, 1.82) is 0 Å². The Morgan fingerprint density at radius 3 is 3.05 bits per heavy atom. The van der Waals surface area contributed by atoms with Crippen LogP contribution in [-0.2, 0) is 22.5 Å². The van der Waals surface area contributed by atoms with Crippen molar-refractivity contribution in [2.24, 2.45) is 0 Å². The number of halogens is 2. The van der Waals surface area contributed by atoms with E-state index in [-0.39, 0.29) is 30.5 Å². The maximum atomic E-state index is 12.6. The molecule has 4 nitrogen and oxygen atoms in total. The Hall–Kier alpha value is -0.620. The standard InChI is InChI=1S/C15H19BrN2O2.ClH/c1-10-14(17-6-8-20-10)15(19)18-7-5-12-11(9-18)3-2-4-13(12)16;/h2-4,10,14,17H,5-9H2,1H3;1H/t10-,14+;/m1./s1. The lowest BCUT2D eigenvalue weighted by Gasteiger charge is -2.36. The van der Waals surface area contributed by atoms with Gasteiger partial charge < -0.3 is 15.0 Å². The van der Waals surface area contributed by atoms with Crippen molar-refractivity contribution >= 4 is 34.2 Å². The molecule has 1 saturated heterocycles. The van der Waals surface area contributed by atoms with E-state index in [0.29, 0.717) is 13.2 Å². The fourth-order valence-corrected chi connectivity index (χ4v) is 3.56. The van der Waals surface area contributed by atoms with Crippen molar-refractivity contribution in [3.05, 3.63) is 33.8 Å². The summed E-state index contributed by atoms with van der Waals surface area (Å²) in [5, 5.41) is 3.28. The molecule has 6 heteroatoms. The zero-order valence-electron chi connectivity index (χ0n) is 12.0. The molecule has 1 N–H and O–H groups in total. The van der Waals surface area contributed by atoms with Crippen LogP contribution in [0.2, 0.25) is 0 Å². The molecule has 2 aliphatic heterocycles. The van der Waals surface area contributed by atoms with Crippen molar-refractivity contribution in [2.75, 3.05) is 19.7 Å². The number of hydrogen-bond acceptors (Lipinski definition) is 3. The van der Waals surface area contributed by atoms with Gasteiger partial charge in [-0.05, 0) is 30.5 Å². The average molecular weight is 376 g/mol. The van der Waals surface area contributed by atoms with Gasteiger partial charge in [-0.2, -0.15) is 0 Å². The molecule has 21 heavy (non-hydrogen) atoms. The van der Waals surface area contributed by atoms with Crippen molar-refractivity contribution < 1.29 is 9.53 Å². The maximum absolute atomic E-state index is 12.6. The number of nitrogens with one attached hydrogen (secondary N) is 1. The second-order valence-electron chi connectivity index (χ2n) is 5.40. The van der Waals surface area contributed by atoms with Crippen LogP contribution in [0.25, 0.3) is 0 Å². The van der Waals surface area contributed by atoms with Gasteiger partial charge in [0.15, 0.2) is 0 Å². The summed E-state index contributed by atoms with van der Waals surface area (Å²) in [6, 6.07) is 5.99. The van der Waals surface area contributed by atoms with Gasteiger partial charge in [-0.15, -0.1) is 12.4 Å². The molecule has 116 valence electrons. The van der Waals surface area contributed by atoms with Crippen LogP contribution in [0.4, 0.5) is 0 Å². The molecule has 3 rings (SSSR count). The molecule has 0 bridgehead atoms. The number of ether oxygens (including phenoxy) is 1. The van der Waals surface area contributed by atoms with Crippen LogP contribution in [0.5, 0.6) is 0 Å². The van der Waals surface area contributed by atoms with Crippen LogP contribution in [-0.4, -0.2) is 42.6 Å². The smallest absolute Gasteiger partial charge is 0.242 e. The molecule has 0 aliphatic carbocycles. The number of carbonyl (C=O) groups is 1. The first-order chi connectivity index (χ1) is 9.66. The number of hydrogen-bond donors (Lipinski definition) is 1. The molecule has 1 amide bonds. The Morgan fingerprint density at radius 2 is 2.29 bits per heavy atom. The summed E-state index contributed by atoms with van der Waals surface area (Å²) in [6.45, 7) is 4.86. The molecule has 1 aromatic rings. The Labute approximate surface area is 139 Å². The number of amides is 1. The highest BCUT2D eigenvalue weighted by Crippen LogP contribution is 2.26. The normalized spacial score (nSPS) is 25.0. The second kappa shape index (κ2) is 7.09. The monoisotopic (exact) mass is 374 g/mol. The summed E-state index contributed by atoms with van der Waals surface area (Å²) in [6.07, 6.45) is 0.852. The molecule has 0 spiro atoms. The molecule has 2 aliphatic rings. The molecule has 1 aromatic carbocycles. The molecule has 0 radical (unpaired) electrons. The quantitative estimate of drug-likeness (QED) is 0.817. The molecule has 0 aromatic heterocycles. The molecule has 1 fully saturated rings. The van der Waals surface area contributed by atoms with Crippen LogP contribution in [0.1, 0.15) is 18.1 Å². The van der Waals surface area contributed by atoms with Gasteiger partial charge in [-0.25, -0.2) is 0 Å². The minimum absolute atomic E-state index is 0. The summed E-state index contributed by atoms with van der Waals surface area (Å²) in [5.41, 5.74) is 2.57. The molecule has 2 heterocycles. The second-order valence-corrected chi connectivity index (χ2v) is 6.25. The van der Waals surface area contributed by atoms with Gasteiger partial charge in [0.2, 0.25) is 5.91 Å². The minimum Gasteiger partial charge on any atom is -0.375 e. The summed E-state index contributed by atoms with van der Waals surface area (Å²) < 4.78 is 6.72. The van der Waals surface area contributed by atoms with Gasteiger partial charge in [-0.3, -0.25) is 4.79 Å². The number of benzene rings is 1. The molecular weight excluding hydrogens is 356 g/mol. The fourth-order valence-electron chi connectivity index (χ4n) is 2.96. The highest BCUT2D eigenvalue weighted by molar-refractivity contribution is 9.10. The zero-order valence-corrected chi connectivity index (χ0v) is 14.4. The average Bonchev–Trinajstić information content (AvgIpc) is 2.47. The summed E-state index contributed by atoms with van der Waals surface area (Å²) >= 11 is 3.59. The molecular formula is C15H20BrClN2O2. The number of rotatable bonds is 1. The number of nitrogens with zero attached hydrogens (tertiary/aromatic N) is 1. The van der Waals surface area contributed by atoms with Gasteiger partial charge in [-0.1, -0.05) is 28.1 Å². The topological polar surface area (TPSA) is 41.6 Å². The van der Waals surface area contributed by atoms with E-state index in [9.17, 15) is 4.79 Å². The van der Waals surface area contributed by atoms with Crippen LogP contribution in [0.15, 0.2) is 22.7 Å². The largest absolute Gasteiger partial charge is 0.375 e. The lowest BCUT2D eigenvalue weighted by molar-refractivity contribution is -0.140. The van der Waals surface area contributed by atoms with Gasteiger partial charge in [0.05, 0.1) is 12.7 Å². The zero-order chi connectivity index (χ0) is 14.1. The van der Waals surface area contributed by atoms with Crippen molar-refractivity contribution in [2.45, 2.75) is 32.0 Å². The van der Waals surface area contributed by atoms with Crippen LogP contribution in [0.3, 0.4) is 0 Å². The molecule has 0 saturated carbocycles. The van der Waals surface area contributed by atoms with E-state index in [4.69, 9.17) is 4.74 Å². The lowest BCUT2D eigenvalue weighted by atomic mass is 9.98. The SMILES string of the molecule is C[C@H]1OCCN[C@@H]1C(=O)N1CCc2c(Br)cccc2C1.Cl. The summed E-state index contributed by atoms with van der Waals surface area (Å²) in [7, 11) is 0. The summed E-state index contributed by atoms with van der Waals surface area (Å²) in [5.74, 6) is 0.155. The van der Waals surface area contributed by atoms with Gasteiger partial charge in [0.1, 0.15) is 6.04 Å². The van der Waals surface area contributed by atoms with Gasteiger partial charge in [0, 0.05) is 24.1 Å². The minimum atomic E-state index is -0.211. The fraction of sp³-hybridized carbons (Fsp3) is 0.533. The number of morpholine rings is 1. The first-order valence-corrected chi connectivity index (χ1v) is 7.86. The van der Waals surface area contributed by atoms with Crippen molar-refractivity contribution in [3.8, 4) is 0 Å². The summed E-state index contributed by atoms with van der Waals surface area (Å²) in [4.78, 5) is 14.6. The number of fused-ring (bicyclic) bond motifs is 1. The Bertz CT molecular complexity index is 526. The van der Waals surface area contributed by atoms with E-state index in [1.54, 1.807) is 0 Å². The first kappa shape index (κ1) is 16.7.